The highest BCUT2D eigenvalue weighted by atomic mass is 16.5. The maximum absolute atomic E-state index is 9.24. The summed E-state index contributed by atoms with van der Waals surface area (Å²) in [6, 6.07) is 6.06. The lowest BCUT2D eigenvalue weighted by Gasteiger charge is -2.32. The number of aliphatic hydroxyl groups excluding tert-OH is 1. The maximum atomic E-state index is 9.24. The predicted octanol–water partition coefficient (Wildman–Crippen LogP) is 2.03. The number of aliphatic hydroxyl groups is 1. The first-order valence-corrected chi connectivity index (χ1v) is 7.50. The Labute approximate surface area is 121 Å². The number of morpholine rings is 1. The Balaban J connectivity index is 2.34. The number of rotatable bonds is 5. The van der Waals surface area contributed by atoms with E-state index < -0.39 is 0 Å². The Bertz CT molecular complexity index is 430. The number of nitrogens with two attached hydrogens (primary N) is 1. The first-order chi connectivity index (χ1) is 9.67. The minimum atomic E-state index is -0.295. The van der Waals surface area contributed by atoms with Gasteiger partial charge >= 0.3 is 0 Å². The third-order valence-corrected chi connectivity index (χ3v) is 4.17. The third kappa shape index (κ3) is 3.32. The van der Waals surface area contributed by atoms with Crippen molar-refractivity contribution < 1.29 is 9.84 Å². The van der Waals surface area contributed by atoms with E-state index in [0.29, 0.717) is 5.92 Å². The summed E-state index contributed by atoms with van der Waals surface area (Å²) in [6.45, 7) is 7.89. The summed E-state index contributed by atoms with van der Waals surface area (Å²) in [6.07, 6.45) is 1.09. The van der Waals surface area contributed by atoms with Gasteiger partial charge in [-0.2, -0.15) is 0 Å². The minimum Gasteiger partial charge on any atom is -0.394 e. The topological polar surface area (TPSA) is 58.7 Å². The monoisotopic (exact) mass is 278 g/mol. The predicted molar refractivity (Wildman–Crippen MR) is 82.2 cm³/mol. The van der Waals surface area contributed by atoms with Crippen LogP contribution in [0.1, 0.15) is 43.4 Å². The molecule has 0 spiro atoms. The molecule has 0 amide bonds. The SMILES string of the molecule is CCC(C)c1cc([C@@H](N)CO)ccc1N1CCOCC1. The van der Waals surface area contributed by atoms with Crippen LogP contribution in [-0.2, 0) is 4.74 Å². The molecule has 2 rings (SSSR count). The van der Waals surface area contributed by atoms with E-state index in [1.165, 1.54) is 11.3 Å². The van der Waals surface area contributed by atoms with Crippen LogP contribution >= 0.6 is 0 Å². The van der Waals surface area contributed by atoms with Crippen LogP contribution in [0, 0.1) is 0 Å². The van der Waals surface area contributed by atoms with E-state index in [2.05, 4.69) is 30.9 Å². The molecule has 20 heavy (non-hydrogen) atoms. The lowest BCUT2D eigenvalue weighted by atomic mass is 9.92. The summed E-state index contributed by atoms with van der Waals surface area (Å²) in [4.78, 5) is 2.39. The fraction of sp³-hybridized carbons (Fsp3) is 0.625. The van der Waals surface area contributed by atoms with Gasteiger partial charge in [0.15, 0.2) is 0 Å². The zero-order valence-corrected chi connectivity index (χ0v) is 12.5. The Morgan fingerprint density at radius 2 is 2.05 bits per heavy atom. The van der Waals surface area contributed by atoms with Crippen molar-refractivity contribution in [2.24, 2.45) is 5.73 Å². The average Bonchev–Trinajstić information content (AvgIpc) is 2.53. The highest BCUT2D eigenvalue weighted by Gasteiger charge is 2.19. The fourth-order valence-electron chi connectivity index (χ4n) is 2.62. The molecule has 1 unspecified atom stereocenters. The van der Waals surface area contributed by atoms with Crippen molar-refractivity contribution in [1.82, 2.24) is 0 Å². The van der Waals surface area contributed by atoms with Gasteiger partial charge in [0.05, 0.1) is 25.9 Å². The van der Waals surface area contributed by atoms with Gasteiger partial charge in [-0.3, -0.25) is 0 Å². The van der Waals surface area contributed by atoms with Crippen molar-refractivity contribution in [2.45, 2.75) is 32.2 Å². The lowest BCUT2D eigenvalue weighted by molar-refractivity contribution is 0.122. The molecule has 1 aromatic rings. The molecule has 3 N–H and O–H groups in total. The van der Waals surface area contributed by atoms with E-state index in [4.69, 9.17) is 10.5 Å². The third-order valence-electron chi connectivity index (χ3n) is 4.17. The van der Waals surface area contributed by atoms with Crippen molar-refractivity contribution in [3.8, 4) is 0 Å². The number of anilines is 1. The normalized spacial score (nSPS) is 18.9. The van der Waals surface area contributed by atoms with Crippen LogP contribution < -0.4 is 10.6 Å². The van der Waals surface area contributed by atoms with Crippen molar-refractivity contribution in [1.29, 1.82) is 0 Å². The van der Waals surface area contributed by atoms with Crippen LogP contribution in [0.3, 0.4) is 0 Å². The first kappa shape index (κ1) is 15.3. The molecule has 0 saturated carbocycles. The van der Waals surface area contributed by atoms with E-state index >= 15 is 0 Å². The van der Waals surface area contributed by atoms with Gasteiger partial charge in [-0.05, 0) is 29.5 Å². The second-order valence-electron chi connectivity index (χ2n) is 5.52. The van der Waals surface area contributed by atoms with Crippen molar-refractivity contribution in [2.75, 3.05) is 37.8 Å². The number of nitrogens with zero attached hydrogens (tertiary/aromatic N) is 1. The second kappa shape index (κ2) is 7.07. The maximum Gasteiger partial charge on any atom is 0.0642 e. The smallest absolute Gasteiger partial charge is 0.0642 e. The summed E-state index contributed by atoms with van der Waals surface area (Å²) in [7, 11) is 0. The number of hydrogen-bond acceptors (Lipinski definition) is 4. The molecule has 112 valence electrons. The number of hydrogen-bond donors (Lipinski definition) is 2. The van der Waals surface area contributed by atoms with Crippen molar-refractivity contribution in [3.05, 3.63) is 29.3 Å². The summed E-state index contributed by atoms with van der Waals surface area (Å²) in [5.41, 5.74) is 9.58. The quantitative estimate of drug-likeness (QED) is 0.865. The molecule has 1 aromatic carbocycles. The minimum absolute atomic E-state index is 0.0170. The van der Waals surface area contributed by atoms with E-state index in [1.54, 1.807) is 0 Å². The van der Waals surface area contributed by atoms with Gasteiger partial charge in [-0.15, -0.1) is 0 Å². The molecule has 0 aliphatic carbocycles. The zero-order valence-electron chi connectivity index (χ0n) is 12.5. The van der Waals surface area contributed by atoms with Gasteiger partial charge in [0, 0.05) is 18.8 Å². The van der Waals surface area contributed by atoms with Gasteiger partial charge < -0.3 is 20.5 Å². The summed E-state index contributed by atoms with van der Waals surface area (Å²) < 4.78 is 5.43. The summed E-state index contributed by atoms with van der Waals surface area (Å²) >= 11 is 0. The molecular weight excluding hydrogens is 252 g/mol. The molecule has 0 aromatic heterocycles. The molecule has 1 aliphatic rings. The number of ether oxygens (including phenoxy) is 1. The van der Waals surface area contributed by atoms with E-state index in [9.17, 15) is 5.11 Å². The fourth-order valence-corrected chi connectivity index (χ4v) is 2.62. The molecule has 4 nitrogen and oxygen atoms in total. The Kier molecular flexibility index (Phi) is 5.40. The van der Waals surface area contributed by atoms with Crippen LogP contribution in [0.15, 0.2) is 18.2 Å². The molecule has 2 atom stereocenters. The van der Waals surface area contributed by atoms with Gasteiger partial charge in [-0.1, -0.05) is 26.0 Å². The van der Waals surface area contributed by atoms with Gasteiger partial charge in [0.25, 0.3) is 0 Å². The van der Waals surface area contributed by atoms with Crippen LogP contribution in [0.2, 0.25) is 0 Å². The second-order valence-corrected chi connectivity index (χ2v) is 5.52. The molecular formula is C16H26N2O2. The van der Waals surface area contributed by atoms with E-state index in [-0.39, 0.29) is 12.6 Å². The van der Waals surface area contributed by atoms with Gasteiger partial charge in [0.1, 0.15) is 0 Å². The zero-order chi connectivity index (χ0) is 14.5. The molecule has 1 fully saturated rings. The highest BCUT2D eigenvalue weighted by molar-refractivity contribution is 5.57. The summed E-state index contributed by atoms with van der Waals surface area (Å²) in [5, 5.41) is 9.24. The van der Waals surface area contributed by atoms with Gasteiger partial charge in [0.2, 0.25) is 0 Å². The van der Waals surface area contributed by atoms with Crippen LogP contribution in [0.5, 0.6) is 0 Å². The van der Waals surface area contributed by atoms with E-state index in [1.807, 2.05) is 6.07 Å². The van der Waals surface area contributed by atoms with E-state index in [0.717, 1.165) is 38.3 Å². The highest BCUT2D eigenvalue weighted by Crippen LogP contribution is 2.32. The average molecular weight is 278 g/mol. The standard InChI is InChI=1S/C16H26N2O2/c1-3-12(2)14-10-13(15(17)11-19)4-5-16(14)18-6-8-20-9-7-18/h4-5,10,12,15,19H,3,6-9,11,17H2,1-2H3/t12?,15-/m0/s1. The Morgan fingerprint density at radius 3 is 2.65 bits per heavy atom. The lowest BCUT2D eigenvalue weighted by Crippen LogP contribution is -2.37. The Hall–Kier alpha value is -1.10. The molecule has 0 radical (unpaired) electrons. The van der Waals surface area contributed by atoms with Crippen molar-refractivity contribution >= 4 is 5.69 Å². The molecule has 1 aliphatic heterocycles. The largest absolute Gasteiger partial charge is 0.394 e. The molecule has 4 heteroatoms. The van der Waals surface area contributed by atoms with Crippen LogP contribution in [0.4, 0.5) is 5.69 Å². The Morgan fingerprint density at radius 1 is 1.35 bits per heavy atom. The number of benzene rings is 1. The summed E-state index contributed by atoms with van der Waals surface area (Å²) in [5.74, 6) is 0.485. The van der Waals surface area contributed by atoms with Crippen LogP contribution in [-0.4, -0.2) is 38.0 Å². The molecule has 1 heterocycles. The first-order valence-electron chi connectivity index (χ1n) is 7.50. The molecule has 1 saturated heterocycles. The van der Waals surface area contributed by atoms with Crippen molar-refractivity contribution in [3.63, 3.8) is 0 Å². The van der Waals surface area contributed by atoms with Gasteiger partial charge in [-0.25, -0.2) is 0 Å². The van der Waals surface area contributed by atoms with Crippen LogP contribution in [0.25, 0.3) is 0 Å². The molecule has 0 bridgehead atoms.